The van der Waals surface area contributed by atoms with Crippen LogP contribution in [0.2, 0.25) is 0 Å². The van der Waals surface area contributed by atoms with Crippen molar-refractivity contribution in [3.05, 3.63) is 48.0 Å². The third-order valence-corrected chi connectivity index (χ3v) is 5.47. The fraction of sp³-hybridized carbons (Fsp3) is 0.556. The fourth-order valence-electron chi connectivity index (χ4n) is 4.33. The summed E-state index contributed by atoms with van der Waals surface area (Å²) in [5.41, 5.74) is 1.23. The highest BCUT2D eigenvalue weighted by Crippen LogP contribution is 2.43. The van der Waals surface area contributed by atoms with Gasteiger partial charge in [-0.05, 0) is 17.9 Å². The number of likely N-dealkylation sites (tertiary alicyclic amines) is 1. The summed E-state index contributed by atoms with van der Waals surface area (Å²) in [5.74, 6) is 0.327. The zero-order valence-corrected chi connectivity index (χ0v) is 12.9. The van der Waals surface area contributed by atoms with E-state index in [4.69, 9.17) is 4.74 Å². The Kier molecular flexibility index (Phi) is 3.99. The summed E-state index contributed by atoms with van der Waals surface area (Å²) in [6.07, 6.45) is 2.32. The smallest absolute Gasteiger partial charge is 0.111 e. The number of aliphatic hydroxyl groups excluding tert-OH is 3. The standard InChI is InChI=1S/C18H23NO4/c20-10-14-16(21)17(22)18(23-14)15-12-6-7-13(8-12)19(15)9-11-4-2-1-3-5-11/h1-7,12-18,20-22H,8-10H2/t12-,13+,14+,15-,16+,17-,18-/m0/s1. The van der Waals surface area contributed by atoms with Crippen molar-refractivity contribution < 1.29 is 20.1 Å². The van der Waals surface area contributed by atoms with Crippen molar-refractivity contribution in [1.82, 2.24) is 4.90 Å². The molecule has 0 amide bonds. The molecule has 2 bridgehead atoms. The van der Waals surface area contributed by atoms with Crippen LogP contribution in [-0.4, -0.2) is 63.3 Å². The maximum absolute atomic E-state index is 10.4. The molecular formula is C18H23NO4. The van der Waals surface area contributed by atoms with Crippen LogP contribution in [0.15, 0.2) is 42.5 Å². The normalized spacial score (nSPS) is 42.7. The average Bonchev–Trinajstić information content (AvgIpc) is 3.24. The summed E-state index contributed by atoms with van der Waals surface area (Å²) in [4.78, 5) is 2.36. The van der Waals surface area contributed by atoms with Gasteiger partial charge in [0.2, 0.25) is 0 Å². The van der Waals surface area contributed by atoms with E-state index in [9.17, 15) is 15.3 Å². The van der Waals surface area contributed by atoms with Crippen LogP contribution in [0.5, 0.6) is 0 Å². The molecule has 2 saturated heterocycles. The number of rotatable bonds is 4. The van der Waals surface area contributed by atoms with E-state index in [1.54, 1.807) is 0 Å². The second-order valence-electron chi connectivity index (χ2n) is 6.80. The Morgan fingerprint density at radius 1 is 1.09 bits per heavy atom. The second-order valence-corrected chi connectivity index (χ2v) is 6.80. The van der Waals surface area contributed by atoms with E-state index in [0.717, 1.165) is 13.0 Å². The first kappa shape index (κ1) is 15.3. The zero-order chi connectivity index (χ0) is 16.0. The number of benzene rings is 1. The van der Waals surface area contributed by atoms with E-state index in [0.29, 0.717) is 12.0 Å². The molecule has 5 nitrogen and oxygen atoms in total. The Bertz CT molecular complexity index is 578. The van der Waals surface area contributed by atoms with Crippen LogP contribution in [-0.2, 0) is 11.3 Å². The lowest BCUT2D eigenvalue weighted by Crippen LogP contribution is -2.50. The van der Waals surface area contributed by atoms with Crippen LogP contribution in [0.3, 0.4) is 0 Å². The first-order valence-corrected chi connectivity index (χ1v) is 8.29. The average molecular weight is 317 g/mol. The van der Waals surface area contributed by atoms with Gasteiger partial charge < -0.3 is 20.1 Å². The molecule has 0 radical (unpaired) electrons. The van der Waals surface area contributed by atoms with Crippen molar-refractivity contribution in [3.63, 3.8) is 0 Å². The topological polar surface area (TPSA) is 73.2 Å². The van der Waals surface area contributed by atoms with Gasteiger partial charge in [-0.1, -0.05) is 42.5 Å². The largest absolute Gasteiger partial charge is 0.394 e. The molecule has 2 heterocycles. The summed E-state index contributed by atoms with van der Waals surface area (Å²) < 4.78 is 5.81. The maximum Gasteiger partial charge on any atom is 0.111 e. The van der Waals surface area contributed by atoms with Crippen molar-refractivity contribution >= 4 is 0 Å². The van der Waals surface area contributed by atoms with Gasteiger partial charge >= 0.3 is 0 Å². The highest BCUT2D eigenvalue weighted by atomic mass is 16.6. The Morgan fingerprint density at radius 3 is 2.57 bits per heavy atom. The molecule has 2 fully saturated rings. The van der Waals surface area contributed by atoms with Crippen molar-refractivity contribution in [1.29, 1.82) is 0 Å². The number of aliphatic hydroxyl groups is 3. The molecule has 5 heteroatoms. The molecule has 1 aromatic carbocycles. The molecule has 2 aliphatic heterocycles. The number of ether oxygens (including phenoxy) is 1. The molecule has 4 rings (SSSR count). The minimum atomic E-state index is -1.02. The Hall–Kier alpha value is -1.24. The van der Waals surface area contributed by atoms with Gasteiger partial charge in [-0.15, -0.1) is 0 Å². The number of hydrogen-bond donors (Lipinski definition) is 3. The summed E-state index contributed by atoms with van der Waals surface area (Å²) in [6, 6.07) is 10.6. The number of hydrogen-bond acceptors (Lipinski definition) is 5. The van der Waals surface area contributed by atoms with Gasteiger partial charge in [-0.2, -0.15) is 0 Å². The van der Waals surface area contributed by atoms with Crippen LogP contribution < -0.4 is 0 Å². The predicted octanol–water partition coefficient (Wildman–Crippen LogP) is 0.297. The van der Waals surface area contributed by atoms with E-state index >= 15 is 0 Å². The van der Waals surface area contributed by atoms with Gasteiger partial charge in [0, 0.05) is 18.6 Å². The van der Waals surface area contributed by atoms with E-state index in [1.807, 2.05) is 18.2 Å². The summed E-state index contributed by atoms with van der Waals surface area (Å²) in [7, 11) is 0. The molecule has 23 heavy (non-hydrogen) atoms. The van der Waals surface area contributed by atoms with Gasteiger partial charge in [0.05, 0.1) is 6.61 Å². The predicted molar refractivity (Wildman–Crippen MR) is 84.6 cm³/mol. The second kappa shape index (κ2) is 6.00. The van der Waals surface area contributed by atoms with Gasteiger partial charge in [-0.3, -0.25) is 4.90 Å². The minimum absolute atomic E-state index is 0.0337. The molecule has 0 saturated carbocycles. The highest BCUT2D eigenvalue weighted by Gasteiger charge is 2.54. The Balaban J connectivity index is 1.58. The molecular weight excluding hydrogens is 294 g/mol. The number of nitrogens with zero attached hydrogens (tertiary/aromatic N) is 1. The lowest BCUT2D eigenvalue weighted by Gasteiger charge is -2.37. The fourth-order valence-corrected chi connectivity index (χ4v) is 4.33. The first-order chi connectivity index (χ1) is 11.2. The third-order valence-electron chi connectivity index (χ3n) is 5.47. The van der Waals surface area contributed by atoms with Crippen molar-refractivity contribution in [3.8, 4) is 0 Å². The minimum Gasteiger partial charge on any atom is -0.394 e. The van der Waals surface area contributed by atoms with E-state index in [2.05, 4.69) is 29.2 Å². The summed E-state index contributed by atoms with van der Waals surface area (Å²) in [5, 5.41) is 29.8. The molecule has 3 N–H and O–H groups in total. The molecule has 0 spiro atoms. The summed E-state index contributed by atoms with van der Waals surface area (Å²) >= 11 is 0. The van der Waals surface area contributed by atoms with Crippen LogP contribution in [0, 0.1) is 5.92 Å². The van der Waals surface area contributed by atoms with E-state index < -0.39 is 24.4 Å². The molecule has 1 aromatic rings. The Morgan fingerprint density at radius 2 is 1.87 bits per heavy atom. The van der Waals surface area contributed by atoms with E-state index in [-0.39, 0.29) is 12.6 Å². The van der Waals surface area contributed by atoms with Crippen LogP contribution >= 0.6 is 0 Å². The van der Waals surface area contributed by atoms with Crippen LogP contribution in [0.25, 0.3) is 0 Å². The maximum atomic E-state index is 10.4. The zero-order valence-electron chi connectivity index (χ0n) is 12.9. The van der Waals surface area contributed by atoms with Crippen LogP contribution in [0.1, 0.15) is 12.0 Å². The quantitative estimate of drug-likeness (QED) is 0.697. The van der Waals surface area contributed by atoms with Crippen molar-refractivity contribution in [2.45, 2.75) is 49.5 Å². The molecule has 7 atom stereocenters. The van der Waals surface area contributed by atoms with Gasteiger partial charge in [0.25, 0.3) is 0 Å². The Labute approximate surface area is 135 Å². The highest BCUT2D eigenvalue weighted by molar-refractivity contribution is 5.23. The lowest BCUT2D eigenvalue weighted by atomic mass is 9.92. The van der Waals surface area contributed by atoms with Crippen LogP contribution in [0.4, 0.5) is 0 Å². The number of fused-ring (bicyclic) bond motifs is 2. The van der Waals surface area contributed by atoms with Crippen molar-refractivity contribution in [2.24, 2.45) is 5.92 Å². The van der Waals surface area contributed by atoms with Crippen molar-refractivity contribution in [2.75, 3.05) is 6.61 Å². The molecule has 124 valence electrons. The SMILES string of the molecule is OC[C@H]1O[C@@H]([C@@H]2[C@H]3C=C[C@H](C3)N2Cc2ccccc2)[C@@H](O)[C@@H]1O. The molecule has 3 aliphatic rings. The molecule has 0 unspecified atom stereocenters. The monoisotopic (exact) mass is 317 g/mol. The molecule has 1 aliphatic carbocycles. The van der Waals surface area contributed by atoms with E-state index in [1.165, 1.54) is 5.56 Å². The van der Waals surface area contributed by atoms with Gasteiger partial charge in [0.1, 0.15) is 24.4 Å². The van der Waals surface area contributed by atoms with Gasteiger partial charge in [-0.25, -0.2) is 0 Å². The summed E-state index contributed by atoms with van der Waals surface area (Å²) in [6.45, 7) is 0.521. The molecule has 0 aromatic heterocycles. The third kappa shape index (κ3) is 2.53. The van der Waals surface area contributed by atoms with Gasteiger partial charge in [0.15, 0.2) is 0 Å². The lowest BCUT2D eigenvalue weighted by molar-refractivity contribution is -0.0601. The first-order valence-electron chi connectivity index (χ1n) is 8.29.